The molecule has 3 N–H and O–H groups in total. The van der Waals surface area contributed by atoms with Gasteiger partial charge in [-0.15, -0.1) is 12.4 Å². The maximum atomic E-state index is 10.6. The average molecular weight is 473 g/mol. The predicted octanol–water partition coefficient (Wildman–Crippen LogP) is 4.45. The van der Waals surface area contributed by atoms with E-state index in [1.54, 1.807) is 12.1 Å². The summed E-state index contributed by atoms with van der Waals surface area (Å²) in [5, 5.41) is 22.6. The molecule has 0 amide bonds. The number of para-hydroxylation sites is 1. The van der Waals surface area contributed by atoms with Crippen molar-refractivity contribution in [3.63, 3.8) is 0 Å². The van der Waals surface area contributed by atoms with Crippen molar-refractivity contribution in [3.05, 3.63) is 62.7 Å². The Bertz CT molecular complexity index is 811. The van der Waals surface area contributed by atoms with Gasteiger partial charge in [-0.05, 0) is 58.9 Å². The van der Waals surface area contributed by atoms with E-state index in [2.05, 4.69) is 34.0 Å². The molecule has 4 rings (SSSR count). The number of benzene rings is 2. The number of carboxylic acids is 1. The summed E-state index contributed by atoms with van der Waals surface area (Å²) in [6, 6.07) is 13.0. The van der Waals surface area contributed by atoms with E-state index in [1.165, 1.54) is 10.6 Å². The second-order valence-electron chi connectivity index (χ2n) is 5.56. The number of hydrogen-bond donors (Lipinski definition) is 3. The first-order chi connectivity index (χ1) is 11.5. The molecule has 2 aromatic carbocycles. The highest BCUT2D eigenvalue weighted by molar-refractivity contribution is 14.1. The molecular formula is C18H18ClIN2O3. The fourth-order valence-corrected chi connectivity index (χ4v) is 3.37. The number of aromatic carboxylic acids is 1. The Kier molecular flexibility index (Phi) is 6.69. The van der Waals surface area contributed by atoms with Crippen LogP contribution in [0.4, 0.5) is 11.4 Å². The lowest BCUT2D eigenvalue weighted by Crippen LogP contribution is -2.22. The first-order valence-electron chi connectivity index (χ1n) is 7.56. The zero-order chi connectivity index (χ0) is 17.1. The van der Waals surface area contributed by atoms with Crippen LogP contribution in [0.5, 0.6) is 0 Å². The van der Waals surface area contributed by atoms with Gasteiger partial charge in [-0.2, -0.15) is 0 Å². The molecule has 0 radical (unpaired) electrons. The summed E-state index contributed by atoms with van der Waals surface area (Å²) in [5.41, 5.74) is 4.49. The van der Waals surface area contributed by atoms with Crippen LogP contribution in [-0.2, 0) is 6.42 Å². The van der Waals surface area contributed by atoms with Crippen molar-refractivity contribution in [2.24, 2.45) is 0 Å². The minimum Gasteiger partial charge on any atom is -0.478 e. The molecule has 25 heavy (non-hydrogen) atoms. The van der Waals surface area contributed by atoms with Crippen molar-refractivity contribution in [1.82, 2.24) is 0 Å². The van der Waals surface area contributed by atoms with E-state index >= 15 is 0 Å². The number of hydrogen-bond acceptors (Lipinski definition) is 4. The third-order valence-corrected chi connectivity index (χ3v) is 4.55. The van der Waals surface area contributed by atoms with E-state index < -0.39 is 5.97 Å². The number of nitrogens with zero attached hydrogens (tertiary/aromatic N) is 1. The fourth-order valence-electron chi connectivity index (χ4n) is 2.71. The number of hydroxylamine groups is 1. The zero-order valence-corrected chi connectivity index (χ0v) is 16.3. The highest BCUT2D eigenvalue weighted by Gasteiger charge is 2.13. The number of nitrogens with one attached hydrogen (secondary N) is 1. The number of anilines is 2. The summed E-state index contributed by atoms with van der Waals surface area (Å²) in [4.78, 5) is 10.6. The van der Waals surface area contributed by atoms with Crippen LogP contribution in [0, 0.1) is 0 Å². The smallest absolute Gasteiger partial charge is 0.335 e. The molecule has 132 valence electrons. The van der Waals surface area contributed by atoms with Gasteiger partial charge in [0.15, 0.2) is 0 Å². The molecule has 0 bridgehead atoms. The SMILES string of the molecule is Cl.O=C(O)c1ccc2c(c1)NCC2.ON1CC(I)=Cc2ccccc21. The van der Waals surface area contributed by atoms with Crippen LogP contribution >= 0.6 is 35.0 Å². The molecule has 7 heteroatoms. The molecule has 2 aliphatic rings. The minimum absolute atomic E-state index is 0. The maximum Gasteiger partial charge on any atom is 0.335 e. The summed E-state index contributed by atoms with van der Waals surface area (Å²) >= 11 is 2.23. The fraction of sp³-hybridized carbons (Fsp3) is 0.167. The van der Waals surface area contributed by atoms with E-state index in [0.717, 1.165) is 33.5 Å². The zero-order valence-electron chi connectivity index (χ0n) is 13.3. The van der Waals surface area contributed by atoms with Crippen molar-refractivity contribution in [1.29, 1.82) is 0 Å². The monoisotopic (exact) mass is 472 g/mol. The van der Waals surface area contributed by atoms with Crippen LogP contribution in [0.3, 0.4) is 0 Å². The van der Waals surface area contributed by atoms with E-state index in [-0.39, 0.29) is 12.4 Å². The summed E-state index contributed by atoms with van der Waals surface area (Å²) in [6.07, 6.45) is 3.08. The summed E-state index contributed by atoms with van der Waals surface area (Å²) in [5.74, 6) is -0.869. The van der Waals surface area contributed by atoms with Crippen LogP contribution in [0.1, 0.15) is 21.5 Å². The minimum atomic E-state index is -0.869. The molecule has 0 saturated carbocycles. The number of halogens is 2. The summed E-state index contributed by atoms with van der Waals surface area (Å²) < 4.78 is 1.15. The van der Waals surface area contributed by atoms with Gasteiger partial charge in [-0.25, -0.2) is 4.79 Å². The van der Waals surface area contributed by atoms with E-state index in [0.29, 0.717) is 12.1 Å². The first kappa shape index (κ1) is 19.6. The molecule has 0 aliphatic carbocycles. The van der Waals surface area contributed by atoms with Crippen LogP contribution in [0.2, 0.25) is 0 Å². The van der Waals surface area contributed by atoms with Gasteiger partial charge in [0.1, 0.15) is 0 Å². The molecule has 2 aliphatic heterocycles. The van der Waals surface area contributed by atoms with Gasteiger partial charge in [-0.3, -0.25) is 10.3 Å². The maximum absolute atomic E-state index is 10.6. The van der Waals surface area contributed by atoms with Crippen molar-refractivity contribution in [2.45, 2.75) is 6.42 Å². The Morgan fingerprint density at radius 1 is 1.20 bits per heavy atom. The Morgan fingerprint density at radius 2 is 1.96 bits per heavy atom. The van der Waals surface area contributed by atoms with Gasteiger partial charge in [0, 0.05) is 21.4 Å². The summed E-state index contributed by atoms with van der Waals surface area (Å²) in [6.45, 7) is 1.51. The van der Waals surface area contributed by atoms with Crippen LogP contribution in [0.25, 0.3) is 6.08 Å². The van der Waals surface area contributed by atoms with Crippen molar-refractivity contribution in [2.75, 3.05) is 23.5 Å². The molecule has 2 aromatic rings. The standard InChI is InChI=1S/C9H8INO.C9H9NO2.ClH/c10-8-5-7-3-1-2-4-9(7)11(12)6-8;11-9(12)7-2-1-6-3-4-10-8(6)5-7;/h1-5,12H,6H2;1-2,5,10H,3-4H2,(H,11,12);1H. The highest BCUT2D eigenvalue weighted by atomic mass is 127. The quantitative estimate of drug-likeness (QED) is 0.535. The normalized spacial score (nSPS) is 14.0. The second kappa shape index (κ2) is 8.55. The third kappa shape index (κ3) is 4.65. The van der Waals surface area contributed by atoms with Gasteiger partial charge < -0.3 is 10.4 Å². The van der Waals surface area contributed by atoms with E-state index in [9.17, 15) is 10.0 Å². The predicted molar refractivity (Wildman–Crippen MR) is 110 cm³/mol. The van der Waals surface area contributed by atoms with Crippen LogP contribution in [0.15, 0.2) is 46.0 Å². The lowest BCUT2D eigenvalue weighted by atomic mass is 10.1. The molecule has 0 unspecified atom stereocenters. The lowest BCUT2D eigenvalue weighted by Gasteiger charge is -2.22. The third-order valence-electron chi connectivity index (χ3n) is 3.89. The van der Waals surface area contributed by atoms with Crippen LogP contribution < -0.4 is 10.4 Å². The Labute approximate surface area is 165 Å². The Hall–Kier alpha value is -1.77. The van der Waals surface area contributed by atoms with Gasteiger partial charge in [0.25, 0.3) is 0 Å². The molecule has 2 heterocycles. The Balaban J connectivity index is 0.000000173. The average Bonchev–Trinajstić information content (AvgIpc) is 3.03. The topological polar surface area (TPSA) is 72.8 Å². The lowest BCUT2D eigenvalue weighted by molar-refractivity contribution is 0.0697. The van der Waals surface area contributed by atoms with Crippen molar-refractivity contribution >= 4 is 58.4 Å². The van der Waals surface area contributed by atoms with Gasteiger partial charge in [-0.1, -0.05) is 24.3 Å². The number of carboxylic acid groups (broad SMARTS) is 1. The molecule has 0 aromatic heterocycles. The van der Waals surface area contributed by atoms with Gasteiger partial charge in [0.05, 0.1) is 17.8 Å². The molecule has 0 spiro atoms. The van der Waals surface area contributed by atoms with E-state index in [1.807, 2.05) is 30.3 Å². The van der Waals surface area contributed by atoms with Gasteiger partial charge in [0.2, 0.25) is 0 Å². The van der Waals surface area contributed by atoms with Crippen LogP contribution in [-0.4, -0.2) is 29.4 Å². The van der Waals surface area contributed by atoms with E-state index in [4.69, 9.17) is 5.11 Å². The molecule has 5 nitrogen and oxygen atoms in total. The second-order valence-corrected chi connectivity index (χ2v) is 6.95. The molecular weight excluding hydrogens is 455 g/mol. The summed E-state index contributed by atoms with van der Waals surface area (Å²) in [7, 11) is 0. The molecule has 0 fully saturated rings. The molecule has 0 saturated heterocycles. The van der Waals surface area contributed by atoms with Gasteiger partial charge >= 0.3 is 5.97 Å². The first-order valence-corrected chi connectivity index (χ1v) is 8.64. The number of fused-ring (bicyclic) bond motifs is 2. The van der Waals surface area contributed by atoms with Crippen molar-refractivity contribution in [3.8, 4) is 0 Å². The highest BCUT2D eigenvalue weighted by Crippen LogP contribution is 2.29. The number of rotatable bonds is 1. The number of carbonyl (C=O) groups is 1. The Morgan fingerprint density at radius 3 is 2.72 bits per heavy atom. The van der Waals surface area contributed by atoms with Crippen molar-refractivity contribution < 1.29 is 15.1 Å². The largest absolute Gasteiger partial charge is 0.478 e. The molecule has 0 atom stereocenters.